The van der Waals surface area contributed by atoms with Crippen molar-refractivity contribution in [2.75, 3.05) is 6.61 Å². The minimum atomic E-state index is -1.89. The number of hydrogen-bond acceptors (Lipinski definition) is 3. The molecule has 19 heavy (non-hydrogen) atoms. The first-order chi connectivity index (χ1) is 8.51. The molecule has 0 radical (unpaired) electrons. The van der Waals surface area contributed by atoms with E-state index in [1.165, 1.54) is 0 Å². The Morgan fingerprint density at radius 3 is 2.42 bits per heavy atom. The zero-order chi connectivity index (χ0) is 15.0. The Hall–Kier alpha value is -0.653. The number of rotatable bonds is 5. The van der Waals surface area contributed by atoms with Crippen molar-refractivity contribution in [2.45, 2.75) is 58.0 Å². The average molecular weight is 285 g/mol. The lowest BCUT2D eigenvalue weighted by Gasteiger charge is -2.45. The molecule has 0 aromatic rings. The van der Waals surface area contributed by atoms with Gasteiger partial charge in [-0.25, -0.2) is 0 Å². The van der Waals surface area contributed by atoms with E-state index >= 15 is 0 Å². The molecule has 4 nitrogen and oxygen atoms in total. The quantitative estimate of drug-likeness (QED) is 0.462. The highest BCUT2D eigenvalue weighted by atomic mass is 28.4. The van der Waals surface area contributed by atoms with Gasteiger partial charge >= 0.3 is 0 Å². The Labute approximate surface area is 117 Å². The number of aliphatic hydroxyl groups is 1. The van der Waals surface area contributed by atoms with Crippen LogP contribution in [0.15, 0.2) is 12.2 Å². The fraction of sp³-hybridized carbons (Fsp3) is 0.786. The van der Waals surface area contributed by atoms with E-state index in [0.717, 1.165) is 0 Å². The number of hydrogen-bond donors (Lipinski definition) is 2. The van der Waals surface area contributed by atoms with Crippen LogP contribution >= 0.6 is 0 Å². The van der Waals surface area contributed by atoms with Crippen LogP contribution in [-0.4, -0.2) is 38.1 Å². The van der Waals surface area contributed by atoms with Crippen LogP contribution in [0.5, 0.6) is 0 Å². The lowest BCUT2D eigenvalue weighted by Crippen LogP contribution is -2.64. The number of aliphatic hydroxyl groups excluding tert-OH is 1. The van der Waals surface area contributed by atoms with Crippen LogP contribution in [0.2, 0.25) is 18.1 Å². The molecule has 1 aliphatic rings. The normalized spacial score (nSPS) is 25.5. The predicted octanol–water partition coefficient (Wildman–Crippen LogP) is 2.06. The molecule has 1 saturated heterocycles. The second-order valence-corrected chi connectivity index (χ2v) is 11.7. The number of carbonyl (C=O) groups excluding carboxylic acids is 1. The predicted molar refractivity (Wildman–Crippen MR) is 79.4 cm³/mol. The van der Waals surface area contributed by atoms with Gasteiger partial charge in [-0.05, 0) is 30.6 Å². The summed E-state index contributed by atoms with van der Waals surface area (Å²) in [6, 6.07) is -0.155. The van der Waals surface area contributed by atoms with Gasteiger partial charge in [-0.2, -0.15) is 0 Å². The Morgan fingerprint density at radius 2 is 2.05 bits per heavy atom. The lowest BCUT2D eigenvalue weighted by molar-refractivity contribution is -0.138. The van der Waals surface area contributed by atoms with E-state index in [-0.39, 0.29) is 35.6 Å². The summed E-state index contributed by atoms with van der Waals surface area (Å²) in [6.45, 7) is 16.5. The highest BCUT2D eigenvalue weighted by Gasteiger charge is 2.48. The first-order valence-electron chi connectivity index (χ1n) is 6.78. The van der Waals surface area contributed by atoms with Gasteiger partial charge in [-0.15, -0.1) is 0 Å². The van der Waals surface area contributed by atoms with Crippen LogP contribution in [-0.2, 0) is 9.22 Å². The molecular formula is C14H27NO3Si. The van der Waals surface area contributed by atoms with E-state index in [1.807, 2.05) is 6.92 Å². The van der Waals surface area contributed by atoms with E-state index in [1.54, 1.807) is 0 Å². The summed E-state index contributed by atoms with van der Waals surface area (Å²) in [5.41, 5.74) is 0.648. The third-order valence-corrected chi connectivity index (χ3v) is 8.97. The van der Waals surface area contributed by atoms with Gasteiger partial charge in [0.05, 0.1) is 24.7 Å². The molecule has 3 atom stereocenters. The van der Waals surface area contributed by atoms with Gasteiger partial charge in [0.25, 0.3) is 0 Å². The van der Waals surface area contributed by atoms with Gasteiger partial charge in [-0.1, -0.05) is 27.4 Å². The molecule has 1 fully saturated rings. The SMILES string of the molecule is C=C(CO)[C@H]1NC(=O)[C@@H]1[C@@H](C)O[Si](C)(C)C(C)(C)C. The number of carbonyl (C=O) groups is 1. The van der Waals surface area contributed by atoms with Gasteiger partial charge < -0.3 is 14.8 Å². The second kappa shape index (κ2) is 5.38. The van der Waals surface area contributed by atoms with Crippen LogP contribution in [0.25, 0.3) is 0 Å². The van der Waals surface area contributed by atoms with Gasteiger partial charge in [-0.3, -0.25) is 4.79 Å². The molecule has 0 saturated carbocycles. The van der Waals surface area contributed by atoms with E-state index in [0.29, 0.717) is 5.57 Å². The maximum Gasteiger partial charge on any atom is 0.228 e. The summed E-state index contributed by atoms with van der Waals surface area (Å²) < 4.78 is 6.26. The standard InChI is InChI=1S/C14H27NO3Si/c1-9(8-16)12-11(13(17)15-12)10(2)18-19(6,7)14(3,4)5/h10-12,16H,1,8H2,2-7H3,(H,15,17)/t10-,11-,12-/m1/s1. The smallest absolute Gasteiger partial charge is 0.228 e. The van der Waals surface area contributed by atoms with Crippen LogP contribution < -0.4 is 5.32 Å². The lowest BCUT2D eigenvalue weighted by atomic mass is 9.82. The third kappa shape index (κ3) is 3.27. The van der Waals surface area contributed by atoms with E-state index in [2.05, 4.69) is 45.8 Å². The fourth-order valence-electron chi connectivity index (χ4n) is 2.05. The van der Waals surface area contributed by atoms with Crippen LogP contribution in [0.3, 0.4) is 0 Å². The maximum atomic E-state index is 11.7. The molecule has 5 heteroatoms. The van der Waals surface area contributed by atoms with Crippen molar-refractivity contribution in [3.8, 4) is 0 Å². The van der Waals surface area contributed by atoms with E-state index in [4.69, 9.17) is 9.53 Å². The summed E-state index contributed by atoms with van der Waals surface area (Å²) in [7, 11) is -1.89. The van der Waals surface area contributed by atoms with Crippen molar-refractivity contribution in [3.63, 3.8) is 0 Å². The van der Waals surface area contributed by atoms with Crippen LogP contribution in [0, 0.1) is 5.92 Å². The first-order valence-corrected chi connectivity index (χ1v) is 9.69. The van der Waals surface area contributed by atoms with Crippen LogP contribution in [0.1, 0.15) is 27.7 Å². The number of amides is 1. The van der Waals surface area contributed by atoms with Gasteiger partial charge in [0.1, 0.15) is 0 Å². The minimum Gasteiger partial charge on any atom is -0.413 e. The molecule has 0 unspecified atom stereocenters. The molecule has 0 spiro atoms. The van der Waals surface area contributed by atoms with Crippen molar-refractivity contribution in [3.05, 3.63) is 12.2 Å². The summed E-state index contributed by atoms with van der Waals surface area (Å²) >= 11 is 0. The molecule has 1 aliphatic heterocycles. The zero-order valence-corrected chi connectivity index (χ0v) is 13.9. The van der Waals surface area contributed by atoms with Crippen molar-refractivity contribution < 1.29 is 14.3 Å². The van der Waals surface area contributed by atoms with Gasteiger partial charge in [0.2, 0.25) is 5.91 Å². The fourth-order valence-corrected chi connectivity index (χ4v) is 3.48. The van der Waals surface area contributed by atoms with E-state index in [9.17, 15) is 4.79 Å². The highest BCUT2D eigenvalue weighted by molar-refractivity contribution is 6.74. The van der Waals surface area contributed by atoms with Gasteiger partial charge in [0, 0.05) is 0 Å². The number of β-lactam (4-membered cyclic amide) rings is 1. The van der Waals surface area contributed by atoms with Crippen molar-refractivity contribution in [1.29, 1.82) is 0 Å². The molecule has 1 amide bonds. The average Bonchev–Trinajstić information content (AvgIpc) is 2.22. The Bertz CT molecular complexity index is 373. The molecule has 0 bridgehead atoms. The largest absolute Gasteiger partial charge is 0.413 e. The van der Waals surface area contributed by atoms with Gasteiger partial charge in [0.15, 0.2) is 8.32 Å². The summed E-state index contributed by atoms with van der Waals surface area (Å²) in [5, 5.41) is 12.0. The minimum absolute atomic E-state index is 0.00851. The molecule has 1 rings (SSSR count). The number of nitrogens with one attached hydrogen (secondary N) is 1. The zero-order valence-electron chi connectivity index (χ0n) is 12.9. The van der Waals surface area contributed by atoms with Crippen molar-refractivity contribution >= 4 is 14.2 Å². The van der Waals surface area contributed by atoms with E-state index < -0.39 is 8.32 Å². The molecule has 2 N–H and O–H groups in total. The molecular weight excluding hydrogens is 258 g/mol. The summed E-state index contributed by atoms with van der Waals surface area (Å²) in [6.07, 6.45) is -0.150. The van der Waals surface area contributed by atoms with Crippen molar-refractivity contribution in [2.24, 2.45) is 5.92 Å². The Morgan fingerprint density at radius 1 is 1.53 bits per heavy atom. The third-order valence-electron chi connectivity index (χ3n) is 4.39. The molecule has 0 aromatic heterocycles. The summed E-state index contributed by atoms with van der Waals surface area (Å²) in [5.74, 6) is -0.236. The Kier molecular flexibility index (Phi) is 4.65. The second-order valence-electron chi connectivity index (χ2n) is 6.91. The molecule has 0 aliphatic carbocycles. The Balaban J connectivity index is 2.75. The topological polar surface area (TPSA) is 58.6 Å². The highest BCUT2D eigenvalue weighted by Crippen LogP contribution is 2.39. The summed E-state index contributed by atoms with van der Waals surface area (Å²) in [4.78, 5) is 11.7. The monoisotopic (exact) mass is 285 g/mol. The molecule has 1 heterocycles. The molecule has 0 aromatic carbocycles. The van der Waals surface area contributed by atoms with Crippen molar-refractivity contribution in [1.82, 2.24) is 5.32 Å². The first kappa shape index (κ1) is 16.4. The maximum absolute atomic E-state index is 11.7. The van der Waals surface area contributed by atoms with Crippen LogP contribution in [0.4, 0.5) is 0 Å². The molecule has 110 valence electrons.